The third-order valence-electron chi connectivity index (χ3n) is 0.425. The average Bonchev–Trinajstić information content (AvgIpc) is 2.44. The molecule has 0 spiro atoms. The summed E-state index contributed by atoms with van der Waals surface area (Å²) in [5, 5.41) is 16.5. The van der Waals surface area contributed by atoms with Crippen molar-refractivity contribution in [2.24, 2.45) is 0 Å². The van der Waals surface area contributed by atoms with E-state index in [9.17, 15) is 0 Å². The molecule has 5 nitrogen and oxygen atoms in total. The molecular weight excluding hydrogens is 192 g/mol. The fourth-order valence-corrected chi connectivity index (χ4v) is 0.227. The van der Waals surface area contributed by atoms with Crippen LogP contribution in [0.4, 0.5) is 0 Å². The van der Waals surface area contributed by atoms with Crippen LogP contribution in [0, 0.1) is 0 Å². The molecule has 0 amide bonds. The van der Waals surface area contributed by atoms with Gasteiger partial charge in [-0.25, -0.2) is 0 Å². The topological polar surface area (TPSA) is 93.4 Å². The number of carboxylic acid groups (broad SMARTS) is 2. The molecule has 1 aromatic rings. The van der Waals surface area contributed by atoms with Crippen LogP contribution in [0.3, 0.4) is 0 Å². The molecule has 0 radical (unpaired) electrons. The smallest absolute Gasteiger partial charge is 0.554 e. The summed E-state index contributed by atoms with van der Waals surface area (Å²) in [6.45, 7) is -1.00. The van der Waals surface area contributed by atoms with Crippen LogP contribution in [0.2, 0.25) is 0 Å². The van der Waals surface area contributed by atoms with Gasteiger partial charge < -0.3 is 24.2 Å². The fourth-order valence-electron chi connectivity index (χ4n) is 0.227. The van der Waals surface area contributed by atoms with Crippen LogP contribution in [-0.4, -0.2) is 50.7 Å². The van der Waals surface area contributed by atoms with E-state index in [4.69, 9.17) is 19.8 Å². The van der Waals surface area contributed by atoms with Crippen LogP contribution in [-0.2, 0) is 9.59 Å². The van der Waals surface area contributed by atoms with Crippen molar-refractivity contribution in [3.05, 3.63) is 24.7 Å². The molecule has 62 valence electrons. The maximum Gasteiger partial charge on any atom is 2.00 e. The molecule has 0 atom stereocenters. The Bertz CT molecular complexity index is 128. The molecule has 0 saturated carbocycles. The standard InChI is InChI=1S/C4H4O.2CH2O2.Ca/c1-2-4-5-3-1;2*2-1-3;/h1-4H;2*1H,(H,2,3);/q;;;+2/p-2. The normalized spacial score (nSPS) is 5.33. The van der Waals surface area contributed by atoms with Crippen LogP contribution in [0.15, 0.2) is 29.1 Å². The van der Waals surface area contributed by atoms with Crippen molar-refractivity contribution in [1.29, 1.82) is 0 Å². The van der Waals surface area contributed by atoms with Gasteiger partial charge in [0.05, 0.1) is 12.5 Å². The zero-order valence-electron chi connectivity index (χ0n) is 6.21. The van der Waals surface area contributed by atoms with Crippen LogP contribution < -0.4 is 10.2 Å². The van der Waals surface area contributed by atoms with Gasteiger partial charge in [-0.15, -0.1) is 0 Å². The van der Waals surface area contributed by atoms with Crippen molar-refractivity contribution < 1.29 is 24.2 Å². The molecule has 0 fully saturated rings. The third kappa shape index (κ3) is 34.0. The molecule has 1 rings (SSSR count). The van der Waals surface area contributed by atoms with E-state index in [2.05, 4.69) is 4.42 Å². The van der Waals surface area contributed by atoms with E-state index in [0.29, 0.717) is 0 Å². The number of hydrogen-bond donors (Lipinski definition) is 0. The van der Waals surface area contributed by atoms with Crippen molar-refractivity contribution >= 4 is 50.7 Å². The molecule has 12 heavy (non-hydrogen) atoms. The molecular formula is C6H6CaO5. The van der Waals surface area contributed by atoms with Gasteiger partial charge in [0.1, 0.15) is 0 Å². The number of carbonyl (C=O) groups is 2. The van der Waals surface area contributed by atoms with Crippen molar-refractivity contribution in [3.63, 3.8) is 0 Å². The summed E-state index contributed by atoms with van der Waals surface area (Å²) in [5.74, 6) is 0. The van der Waals surface area contributed by atoms with E-state index in [1.165, 1.54) is 0 Å². The third-order valence-corrected chi connectivity index (χ3v) is 0.425. The molecule has 0 aromatic carbocycles. The molecule has 0 bridgehead atoms. The number of furan rings is 1. The molecule has 0 aliphatic rings. The van der Waals surface area contributed by atoms with E-state index in [1.807, 2.05) is 12.1 Å². The Morgan fingerprint density at radius 2 is 1.25 bits per heavy atom. The quantitative estimate of drug-likeness (QED) is 0.343. The first kappa shape index (κ1) is 17.5. The number of rotatable bonds is 0. The Hall–Kier alpha value is -0.520. The summed E-state index contributed by atoms with van der Waals surface area (Å²) in [4.78, 5) is 16.5. The average molecular weight is 198 g/mol. The Balaban J connectivity index is -0.000000104. The largest absolute Gasteiger partial charge is 2.00 e. The molecule has 0 unspecified atom stereocenters. The number of hydrogen-bond acceptors (Lipinski definition) is 5. The van der Waals surface area contributed by atoms with E-state index in [1.54, 1.807) is 12.5 Å². The van der Waals surface area contributed by atoms with Crippen molar-refractivity contribution in [2.45, 2.75) is 0 Å². The van der Waals surface area contributed by atoms with E-state index in [-0.39, 0.29) is 37.7 Å². The van der Waals surface area contributed by atoms with Crippen molar-refractivity contribution in [2.75, 3.05) is 0 Å². The van der Waals surface area contributed by atoms with Gasteiger partial charge in [0.2, 0.25) is 0 Å². The zero-order valence-corrected chi connectivity index (χ0v) is 8.42. The summed E-state index contributed by atoms with van der Waals surface area (Å²) >= 11 is 0. The Labute approximate surface area is 99.0 Å². The molecule has 0 N–H and O–H groups in total. The minimum Gasteiger partial charge on any atom is -0.554 e. The second-order valence-corrected chi connectivity index (χ2v) is 0.986. The van der Waals surface area contributed by atoms with E-state index < -0.39 is 12.9 Å². The second-order valence-electron chi connectivity index (χ2n) is 0.986. The molecule has 0 saturated heterocycles. The van der Waals surface area contributed by atoms with Gasteiger partial charge in [0.25, 0.3) is 0 Å². The molecule has 1 aromatic heterocycles. The van der Waals surface area contributed by atoms with Crippen LogP contribution in [0.25, 0.3) is 0 Å². The summed E-state index contributed by atoms with van der Waals surface area (Å²) in [6.07, 6.45) is 3.25. The molecule has 0 aliphatic carbocycles. The Kier molecular flexibility index (Phi) is 32.8. The van der Waals surface area contributed by atoms with Gasteiger partial charge in [0.15, 0.2) is 0 Å². The van der Waals surface area contributed by atoms with Crippen LogP contribution in [0.5, 0.6) is 0 Å². The first-order chi connectivity index (χ1) is 5.33. The van der Waals surface area contributed by atoms with Crippen molar-refractivity contribution in [1.82, 2.24) is 0 Å². The minimum atomic E-state index is -0.500. The first-order valence-electron chi connectivity index (χ1n) is 2.41. The first-order valence-corrected chi connectivity index (χ1v) is 2.41. The van der Waals surface area contributed by atoms with Gasteiger partial charge in [-0.3, -0.25) is 0 Å². The summed E-state index contributed by atoms with van der Waals surface area (Å²) in [5.41, 5.74) is 0. The maximum atomic E-state index is 8.25. The predicted octanol–water partition coefficient (Wildman–Crippen LogP) is -2.37. The van der Waals surface area contributed by atoms with Gasteiger partial charge in [-0.1, -0.05) is 0 Å². The molecule has 1 heterocycles. The van der Waals surface area contributed by atoms with E-state index in [0.717, 1.165) is 0 Å². The minimum absolute atomic E-state index is 0. The molecule has 6 heteroatoms. The Morgan fingerprint density at radius 1 is 1.00 bits per heavy atom. The SMILES string of the molecule is O=C[O-].O=C[O-].[Ca+2].c1ccoc1. The number of carbonyl (C=O) groups excluding carboxylic acids is 2. The molecule has 0 aliphatic heterocycles. The summed E-state index contributed by atoms with van der Waals surface area (Å²) in [7, 11) is 0. The van der Waals surface area contributed by atoms with Gasteiger partial charge in [0, 0.05) is 12.9 Å². The fraction of sp³-hybridized carbons (Fsp3) is 0. The zero-order chi connectivity index (χ0) is 8.95. The maximum absolute atomic E-state index is 8.25. The van der Waals surface area contributed by atoms with Gasteiger partial charge in [-0.2, -0.15) is 0 Å². The monoisotopic (exact) mass is 198 g/mol. The van der Waals surface area contributed by atoms with Gasteiger partial charge in [-0.05, 0) is 12.1 Å². The van der Waals surface area contributed by atoms with Crippen molar-refractivity contribution in [3.8, 4) is 0 Å². The predicted molar refractivity (Wildman–Crippen MR) is 36.6 cm³/mol. The second kappa shape index (κ2) is 22.4. The summed E-state index contributed by atoms with van der Waals surface area (Å²) in [6, 6.07) is 3.67. The van der Waals surface area contributed by atoms with Crippen LogP contribution >= 0.6 is 0 Å². The Morgan fingerprint density at radius 3 is 1.33 bits per heavy atom. The van der Waals surface area contributed by atoms with E-state index >= 15 is 0 Å². The summed E-state index contributed by atoms with van der Waals surface area (Å²) < 4.78 is 4.58. The van der Waals surface area contributed by atoms with Crippen LogP contribution in [0.1, 0.15) is 0 Å². The van der Waals surface area contributed by atoms with Gasteiger partial charge >= 0.3 is 37.7 Å².